The first kappa shape index (κ1) is 14.0. The number of aromatic nitrogens is 3. The summed E-state index contributed by atoms with van der Waals surface area (Å²) in [5, 5.41) is 8.03. The van der Waals surface area contributed by atoms with Gasteiger partial charge in [0, 0.05) is 0 Å². The summed E-state index contributed by atoms with van der Waals surface area (Å²) in [6.45, 7) is 6.74. The van der Waals surface area contributed by atoms with Gasteiger partial charge in [-0.25, -0.2) is 9.48 Å². The van der Waals surface area contributed by atoms with Crippen molar-refractivity contribution in [3.8, 4) is 0 Å². The highest BCUT2D eigenvalue weighted by Gasteiger charge is 2.27. The van der Waals surface area contributed by atoms with E-state index in [0.717, 1.165) is 18.5 Å². The first-order chi connectivity index (χ1) is 9.02. The Morgan fingerprint density at radius 1 is 1.53 bits per heavy atom. The van der Waals surface area contributed by atoms with E-state index in [1.807, 2.05) is 13.8 Å². The fourth-order valence-corrected chi connectivity index (χ4v) is 2.48. The number of carbonyl (C=O) groups is 1. The first-order valence-corrected chi connectivity index (χ1v) is 6.70. The molecule has 1 aromatic heterocycles. The molecule has 2 heterocycles. The van der Waals surface area contributed by atoms with Crippen LogP contribution in [-0.2, 0) is 16.0 Å². The standard InChI is InChI=1S/C13H21N3O3/c1-8(2)12-11(13(17)18-4)14-15-16(12)7-10-6-5-9(3)19-10/h8-10H,5-7H2,1-4H3. The molecule has 2 atom stereocenters. The van der Waals surface area contributed by atoms with Gasteiger partial charge in [-0.1, -0.05) is 19.1 Å². The summed E-state index contributed by atoms with van der Waals surface area (Å²) in [5.74, 6) is -0.279. The van der Waals surface area contributed by atoms with Crippen molar-refractivity contribution in [1.29, 1.82) is 0 Å². The number of ether oxygens (including phenoxy) is 2. The molecule has 0 amide bonds. The van der Waals surface area contributed by atoms with Gasteiger partial charge in [-0.15, -0.1) is 5.10 Å². The highest BCUT2D eigenvalue weighted by Crippen LogP contribution is 2.23. The second kappa shape index (κ2) is 5.69. The third-order valence-electron chi connectivity index (χ3n) is 3.40. The summed E-state index contributed by atoms with van der Waals surface area (Å²) in [6.07, 6.45) is 2.54. The molecule has 1 fully saturated rings. The fraction of sp³-hybridized carbons (Fsp3) is 0.769. The number of carbonyl (C=O) groups excluding carboxylic acids is 1. The zero-order chi connectivity index (χ0) is 14.0. The maximum Gasteiger partial charge on any atom is 0.360 e. The van der Waals surface area contributed by atoms with E-state index < -0.39 is 5.97 Å². The van der Waals surface area contributed by atoms with Crippen LogP contribution in [-0.4, -0.2) is 40.3 Å². The van der Waals surface area contributed by atoms with Gasteiger partial charge in [0.25, 0.3) is 0 Å². The third kappa shape index (κ3) is 2.94. The number of rotatable bonds is 4. The normalized spacial score (nSPS) is 23.0. The number of nitrogens with zero attached hydrogens (tertiary/aromatic N) is 3. The van der Waals surface area contributed by atoms with E-state index in [-0.39, 0.29) is 12.0 Å². The van der Waals surface area contributed by atoms with Crippen LogP contribution in [0.25, 0.3) is 0 Å². The Balaban J connectivity index is 2.20. The predicted molar refractivity (Wildman–Crippen MR) is 69.0 cm³/mol. The molecule has 0 aliphatic carbocycles. The quantitative estimate of drug-likeness (QED) is 0.778. The van der Waals surface area contributed by atoms with Crippen LogP contribution in [0.5, 0.6) is 0 Å². The van der Waals surface area contributed by atoms with Crippen LogP contribution in [0, 0.1) is 0 Å². The van der Waals surface area contributed by atoms with Gasteiger partial charge in [0.05, 0.1) is 31.6 Å². The lowest BCUT2D eigenvalue weighted by atomic mass is 10.1. The Hall–Kier alpha value is -1.43. The molecule has 19 heavy (non-hydrogen) atoms. The minimum absolute atomic E-state index is 0.152. The molecule has 0 aromatic carbocycles. The Bertz CT molecular complexity index is 456. The van der Waals surface area contributed by atoms with E-state index in [4.69, 9.17) is 9.47 Å². The summed E-state index contributed by atoms with van der Waals surface area (Å²) >= 11 is 0. The third-order valence-corrected chi connectivity index (χ3v) is 3.40. The molecule has 0 spiro atoms. The number of hydrogen-bond donors (Lipinski definition) is 0. The maximum atomic E-state index is 11.7. The van der Waals surface area contributed by atoms with Gasteiger partial charge in [0.2, 0.25) is 0 Å². The fourth-order valence-electron chi connectivity index (χ4n) is 2.48. The van der Waals surface area contributed by atoms with Crippen molar-refractivity contribution < 1.29 is 14.3 Å². The van der Waals surface area contributed by atoms with Crippen LogP contribution in [0.3, 0.4) is 0 Å². The monoisotopic (exact) mass is 267 g/mol. The van der Waals surface area contributed by atoms with Crippen molar-refractivity contribution >= 4 is 5.97 Å². The number of hydrogen-bond acceptors (Lipinski definition) is 5. The van der Waals surface area contributed by atoms with Gasteiger partial charge in [-0.05, 0) is 25.7 Å². The second-order valence-corrected chi connectivity index (χ2v) is 5.30. The number of esters is 1. The molecular weight excluding hydrogens is 246 g/mol. The minimum Gasteiger partial charge on any atom is -0.464 e. The smallest absolute Gasteiger partial charge is 0.360 e. The molecule has 0 radical (unpaired) electrons. The summed E-state index contributed by atoms with van der Waals surface area (Å²) in [7, 11) is 1.35. The average Bonchev–Trinajstić information content (AvgIpc) is 2.95. The second-order valence-electron chi connectivity index (χ2n) is 5.30. The zero-order valence-electron chi connectivity index (χ0n) is 11.9. The topological polar surface area (TPSA) is 66.2 Å². The SMILES string of the molecule is COC(=O)c1nnn(CC2CCC(C)O2)c1C(C)C. The molecule has 6 heteroatoms. The van der Waals surface area contributed by atoms with Crippen LogP contribution >= 0.6 is 0 Å². The molecule has 1 saturated heterocycles. The van der Waals surface area contributed by atoms with Crippen LogP contribution in [0.1, 0.15) is 55.7 Å². The van der Waals surface area contributed by atoms with Crippen molar-refractivity contribution in [1.82, 2.24) is 15.0 Å². The summed E-state index contributed by atoms with van der Waals surface area (Å²) in [4.78, 5) is 11.7. The molecule has 6 nitrogen and oxygen atoms in total. The summed E-state index contributed by atoms with van der Waals surface area (Å²) in [6, 6.07) is 0. The van der Waals surface area contributed by atoms with Gasteiger partial charge in [-0.2, -0.15) is 0 Å². The molecular formula is C13H21N3O3. The van der Waals surface area contributed by atoms with E-state index in [0.29, 0.717) is 18.3 Å². The van der Waals surface area contributed by atoms with Gasteiger partial charge >= 0.3 is 5.97 Å². The molecule has 0 N–H and O–H groups in total. The van der Waals surface area contributed by atoms with Crippen LogP contribution in [0.4, 0.5) is 0 Å². The van der Waals surface area contributed by atoms with E-state index in [2.05, 4.69) is 17.2 Å². The van der Waals surface area contributed by atoms with Crippen molar-refractivity contribution in [2.45, 2.75) is 58.3 Å². The van der Waals surface area contributed by atoms with Gasteiger partial charge in [0.1, 0.15) is 0 Å². The van der Waals surface area contributed by atoms with Crippen LogP contribution in [0.2, 0.25) is 0 Å². The van der Waals surface area contributed by atoms with Gasteiger partial charge in [0.15, 0.2) is 5.69 Å². The Morgan fingerprint density at radius 2 is 2.26 bits per heavy atom. The van der Waals surface area contributed by atoms with Crippen molar-refractivity contribution in [3.05, 3.63) is 11.4 Å². The molecule has 2 rings (SSSR count). The Morgan fingerprint density at radius 3 is 2.79 bits per heavy atom. The van der Waals surface area contributed by atoms with E-state index in [1.54, 1.807) is 4.68 Å². The van der Waals surface area contributed by atoms with Crippen LogP contribution in [0.15, 0.2) is 0 Å². The van der Waals surface area contributed by atoms with Crippen molar-refractivity contribution in [2.75, 3.05) is 7.11 Å². The number of methoxy groups -OCH3 is 1. The maximum absolute atomic E-state index is 11.7. The molecule has 1 aliphatic rings. The van der Waals surface area contributed by atoms with E-state index >= 15 is 0 Å². The van der Waals surface area contributed by atoms with Gasteiger partial charge < -0.3 is 9.47 Å². The van der Waals surface area contributed by atoms with E-state index in [9.17, 15) is 4.79 Å². The first-order valence-electron chi connectivity index (χ1n) is 6.70. The molecule has 0 saturated carbocycles. The molecule has 2 unspecified atom stereocenters. The molecule has 0 bridgehead atoms. The highest BCUT2D eigenvalue weighted by molar-refractivity contribution is 5.88. The predicted octanol–water partition coefficient (Wildman–Crippen LogP) is 1.76. The van der Waals surface area contributed by atoms with E-state index in [1.165, 1.54) is 7.11 Å². The highest BCUT2D eigenvalue weighted by atomic mass is 16.5. The lowest BCUT2D eigenvalue weighted by Gasteiger charge is -2.14. The molecule has 1 aromatic rings. The van der Waals surface area contributed by atoms with Crippen molar-refractivity contribution in [2.24, 2.45) is 0 Å². The Labute approximate surface area is 113 Å². The minimum atomic E-state index is -0.435. The van der Waals surface area contributed by atoms with Crippen molar-refractivity contribution in [3.63, 3.8) is 0 Å². The summed E-state index contributed by atoms with van der Waals surface area (Å²) < 4.78 is 12.3. The lowest BCUT2D eigenvalue weighted by molar-refractivity contribution is 0.0426. The lowest BCUT2D eigenvalue weighted by Crippen LogP contribution is -2.20. The Kier molecular flexibility index (Phi) is 4.19. The summed E-state index contributed by atoms with van der Waals surface area (Å²) in [5.41, 5.74) is 1.12. The molecule has 1 aliphatic heterocycles. The zero-order valence-corrected chi connectivity index (χ0v) is 11.9. The van der Waals surface area contributed by atoms with Gasteiger partial charge in [-0.3, -0.25) is 0 Å². The average molecular weight is 267 g/mol. The largest absolute Gasteiger partial charge is 0.464 e. The molecule has 106 valence electrons. The van der Waals surface area contributed by atoms with Crippen LogP contribution < -0.4 is 0 Å².